The Balaban J connectivity index is 1.88. The van der Waals surface area contributed by atoms with Gasteiger partial charge in [0.1, 0.15) is 11.9 Å². The molecule has 0 aliphatic carbocycles. The van der Waals surface area contributed by atoms with E-state index in [1.165, 1.54) is 0 Å². The van der Waals surface area contributed by atoms with Gasteiger partial charge in [-0.2, -0.15) is 0 Å². The van der Waals surface area contributed by atoms with Crippen LogP contribution in [-0.2, 0) is 4.74 Å². The summed E-state index contributed by atoms with van der Waals surface area (Å²) in [6.45, 7) is 5.80. The number of hydrogen-bond acceptors (Lipinski definition) is 4. The number of benzene rings is 3. The van der Waals surface area contributed by atoms with Crippen LogP contribution in [0, 0.1) is 5.92 Å². The van der Waals surface area contributed by atoms with Gasteiger partial charge in [0.25, 0.3) is 0 Å². The van der Waals surface area contributed by atoms with Crippen LogP contribution in [0.5, 0.6) is 5.75 Å². The van der Waals surface area contributed by atoms with Crippen molar-refractivity contribution in [3.8, 4) is 5.75 Å². The number of phenolic OH excluding ortho intramolecular Hbond substituents is 1. The highest BCUT2D eigenvalue weighted by molar-refractivity contribution is 7.98. The molecule has 1 amide bonds. The molecule has 5 heteroatoms. The van der Waals surface area contributed by atoms with Gasteiger partial charge in [-0.1, -0.05) is 43.3 Å². The summed E-state index contributed by atoms with van der Waals surface area (Å²) >= 11 is 1.64. The highest BCUT2D eigenvalue weighted by Crippen LogP contribution is 2.36. The van der Waals surface area contributed by atoms with Gasteiger partial charge in [-0.25, -0.2) is 4.79 Å². The molecule has 0 bridgehead atoms. The molecule has 0 aliphatic rings. The predicted octanol–water partition coefficient (Wildman–Crippen LogP) is 6.38. The van der Waals surface area contributed by atoms with E-state index in [1.807, 2.05) is 61.7 Å². The third kappa shape index (κ3) is 4.31. The topological polar surface area (TPSA) is 58.6 Å². The second-order valence-electron chi connectivity index (χ2n) is 6.49. The van der Waals surface area contributed by atoms with Crippen LogP contribution in [0.2, 0.25) is 0 Å². The fourth-order valence-corrected chi connectivity index (χ4v) is 3.48. The lowest BCUT2D eigenvalue weighted by Crippen LogP contribution is -2.21. The normalized spacial score (nSPS) is 12.9. The number of ether oxygens (including phenoxy) is 1. The molecule has 0 saturated heterocycles. The van der Waals surface area contributed by atoms with E-state index < -0.39 is 12.2 Å². The maximum absolute atomic E-state index is 12.6. The Morgan fingerprint density at radius 1 is 1.11 bits per heavy atom. The van der Waals surface area contributed by atoms with Crippen molar-refractivity contribution in [2.24, 2.45) is 5.92 Å². The van der Waals surface area contributed by atoms with Gasteiger partial charge < -0.3 is 9.84 Å². The number of hydrogen-bond donors (Lipinski definition) is 2. The van der Waals surface area contributed by atoms with E-state index in [2.05, 4.69) is 11.9 Å². The minimum atomic E-state index is -0.534. The van der Waals surface area contributed by atoms with Crippen LogP contribution in [0.15, 0.2) is 78.2 Å². The maximum atomic E-state index is 12.6. The Kier molecular flexibility index (Phi) is 6.26. The van der Waals surface area contributed by atoms with Crippen LogP contribution in [0.3, 0.4) is 0 Å². The Hall–Kier alpha value is -2.92. The van der Waals surface area contributed by atoms with Crippen molar-refractivity contribution < 1.29 is 14.6 Å². The Labute approximate surface area is 169 Å². The quantitative estimate of drug-likeness (QED) is 0.377. The lowest BCUT2D eigenvalue weighted by Gasteiger charge is -2.24. The number of carbonyl (C=O) groups excluding carboxylic acids is 1. The third-order valence-corrected chi connectivity index (χ3v) is 5.40. The number of aromatic hydroxyl groups is 1. The number of phenols is 1. The number of nitrogens with one attached hydrogen (secondary N) is 1. The van der Waals surface area contributed by atoms with Gasteiger partial charge in [0, 0.05) is 27.5 Å². The molecule has 0 saturated carbocycles. The van der Waals surface area contributed by atoms with E-state index in [-0.39, 0.29) is 11.7 Å². The molecule has 3 aromatic rings. The number of carbonyl (C=O) groups is 1. The van der Waals surface area contributed by atoms with Crippen molar-refractivity contribution in [2.45, 2.75) is 17.9 Å². The van der Waals surface area contributed by atoms with Crippen molar-refractivity contribution in [3.05, 3.63) is 78.9 Å². The zero-order valence-corrected chi connectivity index (χ0v) is 16.7. The average Bonchev–Trinajstić information content (AvgIpc) is 2.73. The number of thioether (sulfide) groups is 1. The van der Waals surface area contributed by atoms with Gasteiger partial charge >= 0.3 is 6.09 Å². The standard InChI is InChI=1S/C23H23NO3S/c1-4-15(2)22(20-13-14-21(25)19-8-6-5-7-18(19)20)27-23(26)24-16-9-11-17(28-3)12-10-16/h4-15,22,25H,1H2,2-3H3,(H,24,26)/t15-,22+/m1/s1. The van der Waals surface area contributed by atoms with Crippen LogP contribution in [0.25, 0.3) is 10.8 Å². The fraction of sp³-hybridized carbons (Fsp3) is 0.174. The second kappa shape index (κ2) is 8.85. The summed E-state index contributed by atoms with van der Waals surface area (Å²) in [7, 11) is 0. The molecule has 0 aromatic heterocycles. The molecule has 0 heterocycles. The van der Waals surface area contributed by atoms with Crippen LogP contribution in [0.4, 0.5) is 10.5 Å². The first kappa shape index (κ1) is 19.8. The average molecular weight is 394 g/mol. The molecule has 2 atom stereocenters. The van der Waals surface area contributed by atoms with E-state index in [9.17, 15) is 9.90 Å². The first-order valence-electron chi connectivity index (χ1n) is 8.98. The van der Waals surface area contributed by atoms with Crippen molar-refractivity contribution in [1.82, 2.24) is 0 Å². The smallest absolute Gasteiger partial charge is 0.412 e. The molecule has 2 N–H and O–H groups in total. The Bertz CT molecular complexity index is 985. The molecule has 3 rings (SSSR count). The molecule has 4 nitrogen and oxygen atoms in total. The predicted molar refractivity (Wildman–Crippen MR) is 116 cm³/mol. The molecule has 28 heavy (non-hydrogen) atoms. The number of rotatable bonds is 6. The van der Waals surface area contributed by atoms with E-state index in [0.29, 0.717) is 5.69 Å². The largest absolute Gasteiger partial charge is 0.507 e. The Morgan fingerprint density at radius 3 is 2.43 bits per heavy atom. The molecule has 3 aromatic carbocycles. The van der Waals surface area contributed by atoms with E-state index >= 15 is 0 Å². The molecular weight excluding hydrogens is 370 g/mol. The lowest BCUT2D eigenvalue weighted by molar-refractivity contribution is 0.0906. The van der Waals surface area contributed by atoms with Crippen molar-refractivity contribution in [2.75, 3.05) is 11.6 Å². The molecule has 0 aliphatic heterocycles. The summed E-state index contributed by atoms with van der Waals surface area (Å²) in [6.07, 6.45) is 2.69. The maximum Gasteiger partial charge on any atom is 0.412 e. The van der Waals surface area contributed by atoms with Crippen molar-refractivity contribution in [1.29, 1.82) is 0 Å². The molecule has 0 radical (unpaired) electrons. The summed E-state index contributed by atoms with van der Waals surface area (Å²) in [5.41, 5.74) is 1.50. The summed E-state index contributed by atoms with van der Waals surface area (Å²) < 4.78 is 5.79. The van der Waals surface area contributed by atoms with Gasteiger partial charge in [-0.05, 0) is 42.0 Å². The molecule has 144 valence electrons. The first-order chi connectivity index (χ1) is 13.5. The zero-order chi connectivity index (χ0) is 20.1. The van der Waals surface area contributed by atoms with E-state index in [0.717, 1.165) is 21.2 Å². The second-order valence-corrected chi connectivity index (χ2v) is 7.37. The highest BCUT2D eigenvalue weighted by atomic mass is 32.2. The number of amides is 1. The van der Waals surface area contributed by atoms with Gasteiger partial charge in [0.05, 0.1) is 0 Å². The van der Waals surface area contributed by atoms with Crippen LogP contribution < -0.4 is 5.32 Å². The van der Waals surface area contributed by atoms with E-state index in [1.54, 1.807) is 30.0 Å². The van der Waals surface area contributed by atoms with Gasteiger partial charge in [-0.3, -0.25) is 5.32 Å². The van der Waals surface area contributed by atoms with Crippen molar-refractivity contribution >= 4 is 34.3 Å². The molecule has 0 spiro atoms. The minimum Gasteiger partial charge on any atom is -0.507 e. The molecular formula is C23H23NO3S. The lowest BCUT2D eigenvalue weighted by atomic mass is 9.92. The Morgan fingerprint density at radius 2 is 1.79 bits per heavy atom. The SMILES string of the molecule is C=C[C@@H](C)[C@H](OC(=O)Nc1ccc(SC)cc1)c1ccc(O)c2ccccc12. The van der Waals surface area contributed by atoms with Gasteiger partial charge in [-0.15, -0.1) is 18.3 Å². The third-order valence-electron chi connectivity index (χ3n) is 4.66. The van der Waals surface area contributed by atoms with Crippen LogP contribution in [0.1, 0.15) is 18.6 Å². The monoisotopic (exact) mass is 393 g/mol. The highest BCUT2D eigenvalue weighted by Gasteiger charge is 2.24. The minimum absolute atomic E-state index is 0.113. The van der Waals surface area contributed by atoms with Crippen LogP contribution in [-0.4, -0.2) is 17.5 Å². The van der Waals surface area contributed by atoms with Crippen molar-refractivity contribution in [3.63, 3.8) is 0 Å². The summed E-state index contributed by atoms with van der Waals surface area (Å²) in [4.78, 5) is 13.7. The van der Waals surface area contributed by atoms with Gasteiger partial charge in [0.2, 0.25) is 0 Å². The van der Waals surface area contributed by atoms with E-state index in [4.69, 9.17) is 4.74 Å². The molecule has 0 fully saturated rings. The van der Waals surface area contributed by atoms with Gasteiger partial charge in [0.15, 0.2) is 0 Å². The fourth-order valence-electron chi connectivity index (χ4n) is 3.07. The zero-order valence-electron chi connectivity index (χ0n) is 15.9. The number of anilines is 1. The number of fused-ring (bicyclic) bond motifs is 1. The summed E-state index contributed by atoms with van der Waals surface area (Å²) in [5.74, 6) is 0.0836. The summed E-state index contributed by atoms with van der Waals surface area (Å²) in [5, 5.41) is 14.5. The molecule has 0 unspecified atom stereocenters. The summed E-state index contributed by atoms with van der Waals surface area (Å²) in [6, 6.07) is 18.5. The van der Waals surface area contributed by atoms with Crippen LogP contribution >= 0.6 is 11.8 Å². The first-order valence-corrected chi connectivity index (χ1v) is 10.2.